The zero-order valence-corrected chi connectivity index (χ0v) is 15.0. The fourth-order valence-corrected chi connectivity index (χ4v) is 5.48. The van der Waals surface area contributed by atoms with Gasteiger partial charge in [0.25, 0.3) is 0 Å². The van der Waals surface area contributed by atoms with Crippen molar-refractivity contribution in [3.05, 3.63) is 59.7 Å². The monoisotopic (exact) mass is 386 g/mol. The lowest BCUT2D eigenvalue weighted by molar-refractivity contribution is 0.304. The molecule has 0 saturated heterocycles. The standard InChI is InChI=1S/C15H20N2O6P2/c16-13-5-1-11(2-6-13)9-15(24(18,19)20,25(21,22)23)10-12-3-7-14(17)8-4-12/h1-8H,9-10,16-17H2,(H2,18,19,20)(H2,21,22,23). The van der Waals surface area contributed by atoms with Crippen LogP contribution in [-0.2, 0) is 22.0 Å². The summed E-state index contributed by atoms with van der Waals surface area (Å²) in [6, 6.07) is 11.9. The van der Waals surface area contributed by atoms with Crippen LogP contribution in [0.15, 0.2) is 48.5 Å². The first-order chi connectivity index (χ1) is 11.4. The van der Waals surface area contributed by atoms with Gasteiger partial charge in [0.2, 0.25) is 0 Å². The van der Waals surface area contributed by atoms with E-state index in [0.29, 0.717) is 22.5 Å². The minimum Gasteiger partial charge on any atom is -0.399 e. The Labute approximate surface area is 144 Å². The molecular weight excluding hydrogens is 366 g/mol. The van der Waals surface area contributed by atoms with Crippen LogP contribution in [0.3, 0.4) is 0 Å². The van der Waals surface area contributed by atoms with Gasteiger partial charge >= 0.3 is 15.2 Å². The van der Waals surface area contributed by atoms with Gasteiger partial charge in [0.05, 0.1) is 0 Å². The predicted molar refractivity (Wildman–Crippen MR) is 95.9 cm³/mol. The Morgan fingerprint density at radius 3 is 1.20 bits per heavy atom. The highest BCUT2D eigenvalue weighted by Crippen LogP contribution is 2.71. The van der Waals surface area contributed by atoms with Gasteiger partial charge in [-0.05, 0) is 35.4 Å². The molecule has 2 aromatic rings. The van der Waals surface area contributed by atoms with Gasteiger partial charge in [0.1, 0.15) is 0 Å². The smallest absolute Gasteiger partial charge is 0.344 e. The van der Waals surface area contributed by atoms with E-state index in [9.17, 15) is 28.7 Å². The molecule has 0 unspecified atom stereocenters. The Morgan fingerprint density at radius 2 is 0.960 bits per heavy atom. The van der Waals surface area contributed by atoms with Gasteiger partial charge in [-0.1, -0.05) is 24.3 Å². The highest BCUT2D eigenvalue weighted by atomic mass is 31.2. The van der Waals surface area contributed by atoms with Crippen LogP contribution in [0, 0.1) is 0 Å². The van der Waals surface area contributed by atoms with E-state index < -0.39 is 32.9 Å². The SMILES string of the molecule is Nc1ccc(CC(Cc2ccc(N)cc2)(P(=O)(O)O)P(=O)(O)O)cc1. The molecule has 2 rings (SSSR count). The van der Waals surface area contributed by atoms with Crippen LogP contribution >= 0.6 is 15.2 Å². The molecule has 0 heterocycles. The van der Waals surface area contributed by atoms with E-state index in [1.54, 1.807) is 0 Å². The number of nitrogens with two attached hydrogens (primary N) is 2. The molecule has 0 amide bonds. The minimum atomic E-state index is -5.21. The van der Waals surface area contributed by atoms with Crippen molar-refractivity contribution in [3.8, 4) is 0 Å². The lowest BCUT2D eigenvalue weighted by Gasteiger charge is -2.35. The highest BCUT2D eigenvalue weighted by molar-refractivity contribution is 7.72. The number of nitrogen functional groups attached to an aromatic ring is 2. The van der Waals surface area contributed by atoms with E-state index in [2.05, 4.69) is 0 Å². The third kappa shape index (κ3) is 4.30. The van der Waals surface area contributed by atoms with Gasteiger partial charge in [-0.15, -0.1) is 0 Å². The van der Waals surface area contributed by atoms with Crippen molar-refractivity contribution in [2.24, 2.45) is 0 Å². The Morgan fingerprint density at radius 1 is 0.680 bits per heavy atom. The summed E-state index contributed by atoms with van der Waals surface area (Å²) in [4.78, 5) is 36.9. The lowest BCUT2D eigenvalue weighted by atomic mass is 10.0. The normalized spacial score (nSPS) is 13.0. The van der Waals surface area contributed by atoms with Crippen LogP contribution in [0.5, 0.6) is 0 Å². The zero-order chi connectivity index (χ0) is 18.9. The van der Waals surface area contributed by atoms with Gasteiger partial charge in [-0.2, -0.15) is 0 Å². The van der Waals surface area contributed by atoms with E-state index in [1.807, 2.05) is 0 Å². The molecule has 10 heteroatoms. The van der Waals surface area contributed by atoms with E-state index in [-0.39, 0.29) is 0 Å². The average molecular weight is 386 g/mol. The molecule has 0 atom stereocenters. The molecule has 0 aliphatic carbocycles. The van der Waals surface area contributed by atoms with Gasteiger partial charge in [0, 0.05) is 24.2 Å². The molecule has 0 saturated carbocycles. The molecule has 0 aliphatic heterocycles. The summed E-state index contributed by atoms with van der Waals surface area (Å²) in [6.45, 7) is 0. The highest BCUT2D eigenvalue weighted by Gasteiger charge is 2.59. The second-order valence-electron chi connectivity index (χ2n) is 5.91. The first-order valence-corrected chi connectivity index (χ1v) is 10.5. The summed E-state index contributed by atoms with van der Waals surface area (Å²) >= 11 is 0. The average Bonchev–Trinajstić information content (AvgIpc) is 2.48. The fraction of sp³-hybridized carbons (Fsp3) is 0.200. The predicted octanol–water partition coefficient (Wildman–Crippen LogP) is 1.69. The van der Waals surface area contributed by atoms with E-state index in [4.69, 9.17) is 11.5 Å². The van der Waals surface area contributed by atoms with Crippen molar-refractivity contribution in [1.82, 2.24) is 0 Å². The Hall–Kier alpha value is -1.66. The van der Waals surface area contributed by atoms with Crippen LogP contribution < -0.4 is 11.5 Å². The summed E-state index contributed by atoms with van der Waals surface area (Å²) in [5, 5.41) is 0. The maximum Gasteiger partial charge on any atom is 0.344 e. The second-order valence-corrected chi connectivity index (χ2v) is 10.1. The van der Waals surface area contributed by atoms with Crippen LogP contribution in [0.1, 0.15) is 11.1 Å². The molecule has 0 spiro atoms. The maximum absolute atomic E-state index is 12.2. The number of hydrogen-bond acceptors (Lipinski definition) is 4. The first kappa shape index (κ1) is 19.7. The zero-order valence-electron chi connectivity index (χ0n) is 13.2. The van der Waals surface area contributed by atoms with Crippen LogP contribution in [-0.4, -0.2) is 24.5 Å². The summed E-state index contributed by atoms with van der Waals surface area (Å²) in [7, 11) is -10.4. The summed E-state index contributed by atoms with van der Waals surface area (Å²) in [5.41, 5.74) is 12.7. The number of anilines is 2. The van der Waals surface area contributed by atoms with Crippen molar-refractivity contribution < 1.29 is 28.7 Å². The fourth-order valence-electron chi connectivity index (χ4n) is 2.57. The van der Waals surface area contributed by atoms with Gasteiger partial charge in [-0.3, -0.25) is 9.13 Å². The summed E-state index contributed by atoms with van der Waals surface area (Å²) in [6.07, 6.45) is -1.02. The molecule has 8 nitrogen and oxygen atoms in total. The topological polar surface area (TPSA) is 167 Å². The Balaban J connectivity index is 2.56. The van der Waals surface area contributed by atoms with Crippen LogP contribution in [0.25, 0.3) is 0 Å². The summed E-state index contributed by atoms with van der Waals surface area (Å²) < 4.78 is 24.4. The number of benzene rings is 2. The molecule has 2 aromatic carbocycles. The molecule has 0 radical (unpaired) electrons. The molecule has 25 heavy (non-hydrogen) atoms. The van der Waals surface area contributed by atoms with Crippen molar-refractivity contribution in [2.45, 2.75) is 17.7 Å². The van der Waals surface area contributed by atoms with Gasteiger partial charge in [-0.25, -0.2) is 0 Å². The van der Waals surface area contributed by atoms with E-state index in [0.717, 1.165) is 0 Å². The van der Waals surface area contributed by atoms with Crippen molar-refractivity contribution in [1.29, 1.82) is 0 Å². The largest absolute Gasteiger partial charge is 0.399 e. The van der Waals surface area contributed by atoms with Gasteiger partial charge in [0.15, 0.2) is 4.90 Å². The molecule has 136 valence electrons. The van der Waals surface area contributed by atoms with Crippen LogP contribution in [0.4, 0.5) is 11.4 Å². The lowest BCUT2D eigenvalue weighted by Crippen LogP contribution is -2.34. The number of hydrogen-bond donors (Lipinski definition) is 6. The maximum atomic E-state index is 12.2. The van der Waals surface area contributed by atoms with Crippen LogP contribution in [0.2, 0.25) is 0 Å². The first-order valence-electron chi connectivity index (χ1n) is 7.25. The third-order valence-electron chi connectivity index (χ3n) is 4.02. The minimum absolute atomic E-state index is 0.358. The molecule has 0 fully saturated rings. The van der Waals surface area contributed by atoms with Crippen molar-refractivity contribution in [3.63, 3.8) is 0 Å². The Bertz CT molecular complexity index is 755. The molecule has 0 aromatic heterocycles. The van der Waals surface area contributed by atoms with Crippen molar-refractivity contribution >= 4 is 26.6 Å². The van der Waals surface area contributed by atoms with E-state index in [1.165, 1.54) is 48.5 Å². The second kappa shape index (κ2) is 6.92. The third-order valence-corrected chi connectivity index (χ3v) is 8.38. The van der Waals surface area contributed by atoms with Gasteiger partial charge < -0.3 is 31.0 Å². The van der Waals surface area contributed by atoms with E-state index >= 15 is 0 Å². The molecule has 0 aliphatic rings. The Kier molecular flexibility index (Phi) is 5.44. The molecule has 8 N–H and O–H groups in total. The number of rotatable bonds is 6. The molecule has 0 bridgehead atoms. The molecular formula is C15H20N2O6P2. The van der Waals surface area contributed by atoms with Crippen molar-refractivity contribution in [2.75, 3.05) is 11.5 Å². The quantitative estimate of drug-likeness (QED) is 0.322. The summed E-state index contributed by atoms with van der Waals surface area (Å²) in [5.74, 6) is 0.